The lowest BCUT2D eigenvalue weighted by Crippen LogP contribution is -2.27. The Morgan fingerprint density at radius 1 is 1.31 bits per heavy atom. The molecule has 1 aliphatic carbocycles. The molecule has 0 saturated heterocycles. The van der Waals surface area contributed by atoms with E-state index in [1.54, 1.807) is 13.3 Å². The topological polar surface area (TPSA) is 114 Å². The summed E-state index contributed by atoms with van der Waals surface area (Å²) in [7, 11) is -3.86. The number of sulfonamides is 1. The van der Waals surface area contributed by atoms with Crippen LogP contribution < -0.4 is 4.72 Å². The van der Waals surface area contributed by atoms with Crippen molar-refractivity contribution in [2.45, 2.75) is 56.5 Å². The fourth-order valence-corrected chi connectivity index (χ4v) is 4.57. The van der Waals surface area contributed by atoms with E-state index in [9.17, 15) is 13.2 Å². The zero-order valence-corrected chi connectivity index (χ0v) is 15.4. The maximum Gasteiger partial charge on any atom is 0.335 e. The van der Waals surface area contributed by atoms with Crippen molar-refractivity contribution in [3.63, 3.8) is 0 Å². The molecule has 0 radical (unpaired) electrons. The molecule has 3 rings (SSSR count). The normalized spacial score (nSPS) is 15.9. The van der Waals surface area contributed by atoms with Gasteiger partial charge in [0, 0.05) is 6.04 Å². The maximum absolute atomic E-state index is 12.6. The molecular formula is C17H22N4O4S. The van der Waals surface area contributed by atoms with Crippen LogP contribution in [0.5, 0.6) is 0 Å². The molecule has 0 atom stereocenters. The highest BCUT2D eigenvalue weighted by atomic mass is 32.2. The first kappa shape index (κ1) is 18.5. The molecule has 0 amide bonds. The van der Waals surface area contributed by atoms with Gasteiger partial charge in [0.15, 0.2) is 0 Å². The number of benzene rings is 1. The van der Waals surface area contributed by atoms with Crippen LogP contribution in [0, 0.1) is 6.92 Å². The molecule has 0 unspecified atom stereocenters. The number of aromatic nitrogens is 3. The second-order valence-electron chi connectivity index (χ2n) is 6.56. The van der Waals surface area contributed by atoms with Crippen LogP contribution in [0.2, 0.25) is 0 Å². The molecule has 0 spiro atoms. The summed E-state index contributed by atoms with van der Waals surface area (Å²) in [5.41, 5.74) is 0.414. The van der Waals surface area contributed by atoms with Gasteiger partial charge in [0.05, 0.1) is 17.0 Å². The van der Waals surface area contributed by atoms with E-state index in [1.165, 1.54) is 24.6 Å². The minimum Gasteiger partial charge on any atom is -0.478 e. The summed E-state index contributed by atoms with van der Waals surface area (Å²) >= 11 is 0. The van der Waals surface area contributed by atoms with Crippen molar-refractivity contribution in [3.8, 4) is 0 Å². The Kier molecular flexibility index (Phi) is 5.38. The van der Waals surface area contributed by atoms with Gasteiger partial charge in [0.2, 0.25) is 10.0 Å². The lowest BCUT2D eigenvalue weighted by atomic mass is 9.95. The van der Waals surface area contributed by atoms with Gasteiger partial charge in [-0.1, -0.05) is 25.3 Å². The summed E-state index contributed by atoms with van der Waals surface area (Å²) in [5, 5.41) is 17.1. The summed E-state index contributed by atoms with van der Waals surface area (Å²) in [6.07, 6.45) is 7.25. The van der Waals surface area contributed by atoms with Crippen LogP contribution in [0.4, 0.5) is 0 Å². The Balaban J connectivity index is 1.78. The van der Waals surface area contributed by atoms with Gasteiger partial charge in [-0.15, -0.1) is 10.2 Å². The lowest BCUT2D eigenvalue weighted by molar-refractivity contribution is 0.0696. The number of carbonyl (C=O) groups is 1. The third-order valence-corrected chi connectivity index (χ3v) is 6.30. The highest BCUT2D eigenvalue weighted by Crippen LogP contribution is 2.28. The minimum absolute atomic E-state index is 0.00950. The molecule has 26 heavy (non-hydrogen) atoms. The second kappa shape index (κ2) is 7.55. The smallest absolute Gasteiger partial charge is 0.335 e. The van der Waals surface area contributed by atoms with Gasteiger partial charge >= 0.3 is 5.97 Å². The molecule has 2 aromatic rings. The van der Waals surface area contributed by atoms with Crippen LogP contribution in [-0.4, -0.2) is 34.3 Å². The number of aromatic carboxylic acids is 1. The number of aryl methyl sites for hydroxylation is 1. The standard InChI is InChI=1S/C17H22N4O4S/c1-12-7-8-13(17(22)23)9-15(12)26(24,25)19-10-16-20-18-11-21(16)14-5-3-2-4-6-14/h7-9,11,14,19H,2-6,10H2,1H3,(H,22,23). The molecule has 1 aromatic heterocycles. The summed E-state index contributed by atoms with van der Waals surface area (Å²) in [4.78, 5) is 11.1. The van der Waals surface area contributed by atoms with Crippen LogP contribution in [0.25, 0.3) is 0 Å². The number of rotatable bonds is 6. The van der Waals surface area contributed by atoms with E-state index in [1.807, 2.05) is 4.57 Å². The van der Waals surface area contributed by atoms with Gasteiger partial charge in [0.1, 0.15) is 12.2 Å². The van der Waals surface area contributed by atoms with Crippen molar-refractivity contribution in [1.29, 1.82) is 0 Å². The highest BCUT2D eigenvalue weighted by Gasteiger charge is 2.22. The van der Waals surface area contributed by atoms with Gasteiger partial charge in [0.25, 0.3) is 0 Å². The molecule has 140 valence electrons. The molecule has 0 bridgehead atoms. The number of carboxylic acid groups (broad SMARTS) is 1. The van der Waals surface area contributed by atoms with Gasteiger partial charge in [-0.2, -0.15) is 0 Å². The SMILES string of the molecule is Cc1ccc(C(=O)O)cc1S(=O)(=O)NCc1nncn1C1CCCCC1. The van der Waals surface area contributed by atoms with Gasteiger partial charge in [-0.05, 0) is 37.5 Å². The Labute approximate surface area is 152 Å². The molecule has 1 aliphatic rings. The molecule has 1 fully saturated rings. The van der Waals surface area contributed by atoms with E-state index < -0.39 is 16.0 Å². The molecule has 2 N–H and O–H groups in total. The minimum atomic E-state index is -3.86. The Morgan fingerprint density at radius 3 is 2.73 bits per heavy atom. The quantitative estimate of drug-likeness (QED) is 0.797. The average molecular weight is 378 g/mol. The van der Waals surface area contributed by atoms with Crippen molar-refractivity contribution in [2.24, 2.45) is 0 Å². The van der Waals surface area contributed by atoms with E-state index in [2.05, 4.69) is 14.9 Å². The van der Waals surface area contributed by atoms with Gasteiger partial charge in [-0.3, -0.25) is 0 Å². The largest absolute Gasteiger partial charge is 0.478 e. The monoisotopic (exact) mass is 378 g/mol. The first-order valence-electron chi connectivity index (χ1n) is 8.60. The zero-order valence-electron chi connectivity index (χ0n) is 14.6. The second-order valence-corrected chi connectivity index (χ2v) is 8.29. The molecule has 9 heteroatoms. The molecular weight excluding hydrogens is 356 g/mol. The number of nitrogens with zero attached hydrogens (tertiary/aromatic N) is 3. The first-order chi connectivity index (χ1) is 12.4. The Bertz CT molecular complexity index is 901. The Morgan fingerprint density at radius 2 is 2.04 bits per heavy atom. The summed E-state index contributed by atoms with van der Waals surface area (Å²) in [6, 6.07) is 4.35. The van der Waals surface area contributed by atoms with Crippen LogP contribution in [0.3, 0.4) is 0 Å². The van der Waals surface area contributed by atoms with Crippen LogP contribution in [0.15, 0.2) is 29.4 Å². The lowest BCUT2D eigenvalue weighted by Gasteiger charge is -2.24. The van der Waals surface area contributed by atoms with E-state index in [4.69, 9.17) is 5.11 Å². The fourth-order valence-electron chi connectivity index (χ4n) is 3.32. The van der Waals surface area contributed by atoms with E-state index in [0.29, 0.717) is 17.4 Å². The Hall–Kier alpha value is -2.26. The van der Waals surface area contributed by atoms with E-state index >= 15 is 0 Å². The van der Waals surface area contributed by atoms with Gasteiger partial charge < -0.3 is 9.67 Å². The fraction of sp³-hybridized carbons (Fsp3) is 0.471. The number of carboxylic acids is 1. The predicted molar refractivity (Wildman–Crippen MR) is 94.3 cm³/mol. The van der Waals surface area contributed by atoms with Gasteiger partial charge in [-0.25, -0.2) is 17.9 Å². The van der Waals surface area contributed by atoms with Crippen LogP contribution in [-0.2, 0) is 16.6 Å². The van der Waals surface area contributed by atoms with Crippen molar-refractivity contribution in [1.82, 2.24) is 19.5 Å². The van der Waals surface area contributed by atoms with Crippen molar-refractivity contribution in [3.05, 3.63) is 41.5 Å². The molecule has 0 aliphatic heterocycles. The molecule has 1 heterocycles. The number of hydrogen-bond acceptors (Lipinski definition) is 5. The highest BCUT2D eigenvalue weighted by molar-refractivity contribution is 7.89. The van der Waals surface area contributed by atoms with Crippen molar-refractivity contribution >= 4 is 16.0 Å². The predicted octanol–water partition coefficient (Wildman–Crippen LogP) is 2.27. The average Bonchev–Trinajstić information content (AvgIpc) is 3.09. The molecule has 1 saturated carbocycles. The third kappa shape index (κ3) is 3.94. The first-order valence-corrected chi connectivity index (χ1v) is 10.1. The van der Waals surface area contributed by atoms with Crippen LogP contribution >= 0.6 is 0 Å². The van der Waals surface area contributed by atoms with E-state index in [0.717, 1.165) is 25.7 Å². The summed E-state index contributed by atoms with van der Waals surface area (Å²) in [6.45, 7) is 1.64. The third-order valence-electron chi connectivity index (χ3n) is 4.76. The summed E-state index contributed by atoms with van der Waals surface area (Å²) in [5.74, 6) is -0.606. The summed E-state index contributed by atoms with van der Waals surface area (Å²) < 4.78 is 29.8. The number of nitrogens with one attached hydrogen (secondary N) is 1. The molecule has 1 aromatic carbocycles. The maximum atomic E-state index is 12.6. The van der Waals surface area contributed by atoms with Crippen molar-refractivity contribution < 1.29 is 18.3 Å². The van der Waals surface area contributed by atoms with Crippen LogP contribution in [0.1, 0.15) is 59.9 Å². The zero-order chi connectivity index (χ0) is 18.7. The molecule has 8 nitrogen and oxygen atoms in total. The number of hydrogen-bond donors (Lipinski definition) is 2. The van der Waals surface area contributed by atoms with Crippen molar-refractivity contribution in [2.75, 3.05) is 0 Å². The van der Waals surface area contributed by atoms with E-state index in [-0.39, 0.29) is 17.0 Å².